The number of para-hydroxylation sites is 1. The second kappa shape index (κ2) is 7.63. The lowest BCUT2D eigenvalue weighted by Gasteiger charge is -2.28. The van der Waals surface area contributed by atoms with E-state index in [1.807, 2.05) is 30.3 Å². The fourth-order valence-corrected chi connectivity index (χ4v) is 3.55. The van der Waals surface area contributed by atoms with Crippen molar-refractivity contribution < 1.29 is 9.47 Å². The summed E-state index contributed by atoms with van der Waals surface area (Å²) in [5.41, 5.74) is 4.99. The van der Waals surface area contributed by atoms with Gasteiger partial charge >= 0.3 is 0 Å². The molecule has 26 heavy (non-hydrogen) atoms. The van der Waals surface area contributed by atoms with Crippen molar-refractivity contribution in [3.8, 4) is 11.5 Å². The van der Waals surface area contributed by atoms with Gasteiger partial charge in [-0.05, 0) is 41.3 Å². The topological polar surface area (TPSA) is 30.5 Å². The van der Waals surface area contributed by atoms with Crippen LogP contribution < -0.4 is 14.8 Å². The number of methoxy groups -OCH3 is 1. The van der Waals surface area contributed by atoms with E-state index in [1.54, 1.807) is 7.11 Å². The SMILES string of the molecule is COc1ccccc1C1NCCc2cc(OCc3ccccc3)ccc21. The minimum absolute atomic E-state index is 0.151. The van der Waals surface area contributed by atoms with Crippen molar-refractivity contribution in [3.05, 3.63) is 95.1 Å². The van der Waals surface area contributed by atoms with Crippen molar-refractivity contribution in [2.45, 2.75) is 19.1 Å². The summed E-state index contributed by atoms with van der Waals surface area (Å²) in [5.74, 6) is 1.84. The molecule has 1 N–H and O–H groups in total. The van der Waals surface area contributed by atoms with E-state index in [0.29, 0.717) is 6.61 Å². The van der Waals surface area contributed by atoms with Crippen molar-refractivity contribution in [1.82, 2.24) is 5.32 Å². The molecule has 4 rings (SSSR count). The van der Waals surface area contributed by atoms with Gasteiger partial charge in [0.2, 0.25) is 0 Å². The highest BCUT2D eigenvalue weighted by molar-refractivity contribution is 5.47. The molecule has 3 nitrogen and oxygen atoms in total. The van der Waals surface area contributed by atoms with E-state index in [-0.39, 0.29) is 6.04 Å². The van der Waals surface area contributed by atoms with E-state index in [1.165, 1.54) is 22.3 Å². The standard InChI is InChI=1S/C23H23NO2/c1-25-22-10-6-5-9-21(22)23-20-12-11-19(15-18(20)13-14-24-23)26-16-17-7-3-2-4-8-17/h2-12,15,23-24H,13-14,16H2,1H3. The number of rotatable bonds is 5. The number of nitrogens with one attached hydrogen (secondary N) is 1. The van der Waals surface area contributed by atoms with Gasteiger partial charge in [-0.15, -0.1) is 0 Å². The van der Waals surface area contributed by atoms with Crippen LogP contribution in [-0.2, 0) is 13.0 Å². The van der Waals surface area contributed by atoms with Crippen molar-refractivity contribution in [2.75, 3.05) is 13.7 Å². The van der Waals surface area contributed by atoms with E-state index in [2.05, 4.69) is 47.8 Å². The summed E-state index contributed by atoms with van der Waals surface area (Å²) in [6.07, 6.45) is 1.00. The lowest BCUT2D eigenvalue weighted by Crippen LogP contribution is -2.30. The molecule has 0 spiro atoms. The van der Waals surface area contributed by atoms with Gasteiger partial charge in [-0.2, -0.15) is 0 Å². The predicted octanol–water partition coefficient (Wildman–Crippen LogP) is 4.51. The molecule has 1 aliphatic rings. The minimum atomic E-state index is 0.151. The van der Waals surface area contributed by atoms with Gasteiger partial charge in [0, 0.05) is 12.1 Å². The van der Waals surface area contributed by atoms with E-state index in [9.17, 15) is 0 Å². The molecule has 0 aliphatic carbocycles. The quantitative estimate of drug-likeness (QED) is 0.738. The van der Waals surface area contributed by atoms with Crippen molar-refractivity contribution in [2.24, 2.45) is 0 Å². The summed E-state index contributed by atoms with van der Waals surface area (Å²) < 4.78 is 11.6. The van der Waals surface area contributed by atoms with Crippen LogP contribution in [0.15, 0.2) is 72.8 Å². The van der Waals surface area contributed by atoms with Gasteiger partial charge in [-0.25, -0.2) is 0 Å². The summed E-state index contributed by atoms with van der Waals surface area (Å²) in [6.45, 7) is 1.53. The highest BCUT2D eigenvalue weighted by Crippen LogP contribution is 2.35. The first kappa shape index (κ1) is 16.7. The van der Waals surface area contributed by atoms with E-state index in [4.69, 9.17) is 9.47 Å². The van der Waals surface area contributed by atoms with Crippen LogP contribution in [0, 0.1) is 0 Å². The van der Waals surface area contributed by atoms with Crippen LogP contribution >= 0.6 is 0 Å². The zero-order chi connectivity index (χ0) is 17.8. The Kier molecular flexibility index (Phi) is 4.89. The molecule has 1 atom stereocenters. The molecule has 1 heterocycles. The van der Waals surface area contributed by atoms with Gasteiger partial charge < -0.3 is 14.8 Å². The third-order valence-electron chi connectivity index (χ3n) is 4.87. The zero-order valence-corrected chi connectivity index (χ0v) is 14.9. The van der Waals surface area contributed by atoms with Gasteiger partial charge in [-0.1, -0.05) is 54.6 Å². The molecule has 3 heteroatoms. The van der Waals surface area contributed by atoms with Gasteiger partial charge in [0.05, 0.1) is 13.2 Å². The van der Waals surface area contributed by atoms with Gasteiger partial charge in [0.25, 0.3) is 0 Å². The van der Waals surface area contributed by atoms with E-state index in [0.717, 1.165) is 24.5 Å². The lowest BCUT2D eigenvalue weighted by molar-refractivity contribution is 0.305. The normalized spacial score (nSPS) is 16.0. The molecule has 0 bridgehead atoms. The third kappa shape index (κ3) is 3.44. The predicted molar refractivity (Wildman–Crippen MR) is 104 cm³/mol. The van der Waals surface area contributed by atoms with Crippen LogP contribution in [0.4, 0.5) is 0 Å². The maximum Gasteiger partial charge on any atom is 0.123 e. The Morgan fingerprint density at radius 3 is 2.58 bits per heavy atom. The Bertz CT molecular complexity index is 876. The minimum Gasteiger partial charge on any atom is -0.496 e. The highest BCUT2D eigenvalue weighted by atomic mass is 16.5. The number of hydrogen-bond donors (Lipinski definition) is 1. The highest BCUT2D eigenvalue weighted by Gasteiger charge is 2.24. The zero-order valence-electron chi connectivity index (χ0n) is 14.9. The average molecular weight is 345 g/mol. The molecule has 0 amide bonds. The molecule has 3 aromatic rings. The van der Waals surface area contributed by atoms with Crippen LogP contribution in [0.2, 0.25) is 0 Å². The van der Waals surface area contributed by atoms with Crippen LogP contribution in [0.5, 0.6) is 11.5 Å². The summed E-state index contributed by atoms with van der Waals surface area (Å²) >= 11 is 0. The molecule has 0 fully saturated rings. The summed E-state index contributed by atoms with van der Waals surface area (Å²) in [5, 5.41) is 3.62. The Morgan fingerprint density at radius 2 is 1.73 bits per heavy atom. The van der Waals surface area contributed by atoms with Crippen molar-refractivity contribution in [1.29, 1.82) is 0 Å². The number of ether oxygens (including phenoxy) is 2. The Morgan fingerprint density at radius 1 is 0.923 bits per heavy atom. The van der Waals surface area contributed by atoms with Gasteiger partial charge in [-0.3, -0.25) is 0 Å². The molecule has 0 saturated heterocycles. The maximum atomic E-state index is 6.00. The molecule has 1 unspecified atom stereocenters. The Labute approximate surface area is 154 Å². The molecule has 3 aromatic carbocycles. The molecular formula is C23H23NO2. The number of benzene rings is 3. The molecule has 0 aromatic heterocycles. The smallest absolute Gasteiger partial charge is 0.123 e. The summed E-state index contributed by atoms with van der Waals surface area (Å²) in [7, 11) is 1.73. The fraction of sp³-hybridized carbons (Fsp3) is 0.217. The molecule has 0 saturated carbocycles. The van der Waals surface area contributed by atoms with Crippen molar-refractivity contribution >= 4 is 0 Å². The molecule has 1 aliphatic heterocycles. The average Bonchev–Trinajstić information content (AvgIpc) is 2.72. The summed E-state index contributed by atoms with van der Waals surface area (Å²) in [4.78, 5) is 0. The van der Waals surface area contributed by atoms with E-state index >= 15 is 0 Å². The number of hydrogen-bond acceptors (Lipinski definition) is 3. The van der Waals surface area contributed by atoms with Gasteiger partial charge in [0.1, 0.15) is 18.1 Å². The monoisotopic (exact) mass is 345 g/mol. The largest absolute Gasteiger partial charge is 0.496 e. The first-order chi connectivity index (χ1) is 12.8. The lowest BCUT2D eigenvalue weighted by atomic mass is 9.89. The van der Waals surface area contributed by atoms with Crippen LogP contribution in [0.1, 0.15) is 28.3 Å². The first-order valence-electron chi connectivity index (χ1n) is 9.01. The Hall–Kier alpha value is -2.78. The maximum absolute atomic E-state index is 6.00. The first-order valence-corrected chi connectivity index (χ1v) is 9.01. The van der Waals surface area contributed by atoms with Crippen LogP contribution in [-0.4, -0.2) is 13.7 Å². The molecule has 132 valence electrons. The van der Waals surface area contributed by atoms with Crippen molar-refractivity contribution in [3.63, 3.8) is 0 Å². The third-order valence-corrected chi connectivity index (χ3v) is 4.87. The second-order valence-corrected chi connectivity index (χ2v) is 6.51. The van der Waals surface area contributed by atoms with Crippen LogP contribution in [0.25, 0.3) is 0 Å². The van der Waals surface area contributed by atoms with E-state index < -0.39 is 0 Å². The van der Waals surface area contributed by atoms with Gasteiger partial charge in [0.15, 0.2) is 0 Å². The fourth-order valence-electron chi connectivity index (χ4n) is 3.55. The number of fused-ring (bicyclic) bond motifs is 1. The Balaban J connectivity index is 1.58. The molecule has 0 radical (unpaired) electrons. The van der Waals surface area contributed by atoms with Crippen LogP contribution in [0.3, 0.4) is 0 Å². The summed E-state index contributed by atoms with van der Waals surface area (Å²) in [6, 6.07) is 25.1. The second-order valence-electron chi connectivity index (χ2n) is 6.51. The molecular weight excluding hydrogens is 322 g/mol.